The summed E-state index contributed by atoms with van der Waals surface area (Å²) >= 11 is 0. The Morgan fingerprint density at radius 2 is 1.52 bits per heavy atom. The van der Waals surface area contributed by atoms with Crippen LogP contribution in [0.15, 0.2) is 60.7 Å². The number of carbonyl (C=O) groups excluding carboxylic acids is 2. The van der Waals surface area contributed by atoms with Crippen molar-refractivity contribution in [2.75, 3.05) is 13.2 Å². The number of benzene rings is 2. The van der Waals surface area contributed by atoms with Gasteiger partial charge in [0.05, 0.1) is 37.6 Å². The van der Waals surface area contributed by atoms with E-state index in [1.165, 1.54) is 32.1 Å². The Kier molecular flexibility index (Phi) is 14.0. The van der Waals surface area contributed by atoms with Crippen molar-refractivity contribution in [3.8, 4) is 0 Å². The van der Waals surface area contributed by atoms with Crippen LogP contribution in [0.2, 0.25) is 0 Å². The molecular weight excluding hydrogens is 610 g/mol. The Balaban J connectivity index is 1.30. The van der Waals surface area contributed by atoms with Gasteiger partial charge in [0.25, 0.3) is 0 Å². The number of fused-ring (bicyclic) bond motifs is 1. The normalized spacial score (nSPS) is 31.9. The smallest absolute Gasteiger partial charge is 0.220 e. The zero-order valence-corrected chi connectivity index (χ0v) is 28.8. The van der Waals surface area contributed by atoms with Gasteiger partial charge < -0.3 is 34.1 Å². The highest BCUT2D eigenvalue weighted by Gasteiger charge is 2.54. The summed E-state index contributed by atoms with van der Waals surface area (Å²) in [6.45, 7) is 6.87. The molecule has 2 N–H and O–H groups in total. The van der Waals surface area contributed by atoms with Crippen molar-refractivity contribution in [1.82, 2.24) is 5.32 Å². The summed E-state index contributed by atoms with van der Waals surface area (Å²) in [6.07, 6.45) is 5.18. The van der Waals surface area contributed by atoms with Crippen LogP contribution in [0.25, 0.3) is 0 Å². The lowest BCUT2D eigenvalue weighted by Gasteiger charge is -2.50. The van der Waals surface area contributed by atoms with E-state index in [0.29, 0.717) is 25.0 Å². The van der Waals surface area contributed by atoms with Crippen molar-refractivity contribution in [1.29, 1.82) is 0 Å². The quantitative estimate of drug-likeness (QED) is 0.154. The molecule has 3 saturated heterocycles. The van der Waals surface area contributed by atoms with Crippen molar-refractivity contribution >= 4 is 11.7 Å². The van der Waals surface area contributed by atoms with E-state index in [1.807, 2.05) is 50.2 Å². The van der Waals surface area contributed by atoms with Gasteiger partial charge in [0.2, 0.25) is 5.91 Å². The Labute approximate surface area is 286 Å². The number of aliphatic hydroxyl groups excluding tert-OH is 1. The summed E-state index contributed by atoms with van der Waals surface area (Å²) in [5, 5.41) is 15.1. The molecule has 48 heavy (non-hydrogen) atoms. The fraction of sp³-hybridized carbons (Fsp3) is 0.641. The minimum Gasteiger partial charge on any atom is -0.389 e. The van der Waals surface area contributed by atoms with Gasteiger partial charge in [0.1, 0.15) is 18.1 Å². The third kappa shape index (κ3) is 9.31. The number of hydrogen-bond acceptors (Lipinski definition) is 8. The van der Waals surface area contributed by atoms with E-state index in [-0.39, 0.29) is 30.3 Å². The molecule has 0 radical (unpaired) electrons. The minimum atomic E-state index is -1.22. The predicted octanol–water partition coefficient (Wildman–Crippen LogP) is 6.53. The van der Waals surface area contributed by atoms with Gasteiger partial charge >= 0.3 is 0 Å². The number of ketones is 1. The van der Waals surface area contributed by atoms with Crippen LogP contribution in [0.4, 0.5) is 0 Å². The zero-order valence-electron chi connectivity index (χ0n) is 28.8. The van der Waals surface area contributed by atoms with Gasteiger partial charge in [-0.15, -0.1) is 0 Å². The van der Waals surface area contributed by atoms with Crippen LogP contribution in [0.1, 0.15) is 107 Å². The maximum Gasteiger partial charge on any atom is 0.220 e. The number of carbonyl (C=O) groups is 2. The molecular formula is C39H55NO8. The molecule has 3 heterocycles. The number of nitrogens with one attached hydrogen (secondary N) is 1. The highest BCUT2D eigenvalue weighted by molar-refractivity contribution is 5.98. The third-order valence-electron chi connectivity index (χ3n) is 9.97. The van der Waals surface area contributed by atoms with Gasteiger partial charge in [-0.2, -0.15) is 0 Å². The van der Waals surface area contributed by atoms with E-state index >= 15 is 0 Å². The van der Waals surface area contributed by atoms with Crippen molar-refractivity contribution in [3.05, 3.63) is 71.8 Å². The molecule has 3 aliphatic heterocycles. The van der Waals surface area contributed by atoms with E-state index in [0.717, 1.165) is 24.8 Å². The van der Waals surface area contributed by atoms with Gasteiger partial charge in [-0.05, 0) is 12.8 Å². The first kappa shape index (κ1) is 36.6. The molecule has 1 amide bonds. The van der Waals surface area contributed by atoms with Crippen LogP contribution in [-0.4, -0.2) is 72.9 Å². The first-order valence-corrected chi connectivity index (χ1v) is 18.2. The van der Waals surface area contributed by atoms with Crippen LogP contribution in [0.3, 0.4) is 0 Å². The minimum absolute atomic E-state index is 0.0293. The molecule has 5 rings (SSSR count). The number of unbranched alkanes of at least 4 members (excludes halogenated alkanes) is 7. The molecule has 0 saturated carbocycles. The Hall–Kier alpha value is -2.66. The standard InChI is InChI=1S/C39H55NO8/c1-4-6-7-8-9-10-11-18-23-31(41)40-33-29(5-2)44-24-26(3)36(33)47-39-32(34(42)27-19-14-12-15-20-27)35(43)37-30(46-39)25-45-38(48-37)28-21-16-13-17-22-28/h12-17,19-22,26,29-30,32-33,35-39,43H,4-11,18,23-25H2,1-3H3,(H,40,41)/t26?,29?,30?,32?,33-,35+,36+,37-,38?,39-/m0/s1. The molecule has 2 aromatic rings. The van der Waals surface area contributed by atoms with Crippen LogP contribution >= 0.6 is 0 Å². The summed E-state index contributed by atoms with van der Waals surface area (Å²) in [7, 11) is 0. The largest absolute Gasteiger partial charge is 0.389 e. The van der Waals surface area contributed by atoms with Gasteiger partial charge in [0.15, 0.2) is 18.4 Å². The second kappa shape index (κ2) is 18.4. The molecule has 264 valence electrons. The van der Waals surface area contributed by atoms with E-state index < -0.39 is 49.0 Å². The maximum absolute atomic E-state index is 14.1. The molecule has 0 bridgehead atoms. The number of amides is 1. The summed E-state index contributed by atoms with van der Waals surface area (Å²) < 4.78 is 31.7. The van der Waals surface area contributed by atoms with Crippen molar-refractivity contribution in [2.24, 2.45) is 11.8 Å². The van der Waals surface area contributed by atoms with Gasteiger partial charge in [-0.3, -0.25) is 9.59 Å². The van der Waals surface area contributed by atoms with E-state index in [2.05, 4.69) is 12.2 Å². The molecule has 2 aromatic carbocycles. The van der Waals surface area contributed by atoms with E-state index in [4.69, 9.17) is 23.7 Å². The number of hydrogen-bond donors (Lipinski definition) is 2. The van der Waals surface area contributed by atoms with Gasteiger partial charge in [0, 0.05) is 23.5 Å². The molecule has 3 aliphatic rings. The lowest BCUT2D eigenvalue weighted by molar-refractivity contribution is -0.357. The molecule has 0 spiro atoms. The zero-order chi connectivity index (χ0) is 33.9. The van der Waals surface area contributed by atoms with Crippen LogP contribution in [0, 0.1) is 11.8 Å². The van der Waals surface area contributed by atoms with Crippen molar-refractivity contribution in [3.63, 3.8) is 0 Å². The number of ether oxygens (including phenoxy) is 5. The highest BCUT2D eigenvalue weighted by Crippen LogP contribution is 2.39. The second-order valence-corrected chi connectivity index (χ2v) is 13.6. The lowest BCUT2D eigenvalue weighted by atomic mass is 9.84. The average molecular weight is 666 g/mol. The SMILES string of the molecule is CCCCCCCCCCC(=O)N[C@H]1C(CC)OCC(C)[C@H]1O[C@@H]1OC2COC(c3ccccc3)O[C@@H]2[C@H](O)C1C(=O)c1ccccc1. The highest BCUT2D eigenvalue weighted by atomic mass is 16.7. The maximum atomic E-state index is 14.1. The Morgan fingerprint density at radius 3 is 2.21 bits per heavy atom. The Bertz CT molecular complexity index is 1260. The lowest BCUT2D eigenvalue weighted by Crippen LogP contribution is -2.64. The van der Waals surface area contributed by atoms with Crippen molar-refractivity contribution < 1.29 is 38.4 Å². The summed E-state index contributed by atoms with van der Waals surface area (Å²) in [4.78, 5) is 27.3. The molecule has 9 heteroatoms. The van der Waals surface area contributed by atoms with Crippen LogP contribution in [0.5, 0.6) is 0 Å². The number of Topliss-reactive ketones (excluding diaryl/α,β-unsaturated/α-hetero) is 1. The van der Waals surface area contributed by atoms with Gasteiger partial charge in [-0.25, -0.2) is 0 Å². The third-order valence-corrected chi connectivity index (χ3v) is 9.97. The topological polar surface area (TPSA) is 113 Å². The van der Waals surface area contributed by atoms with E-state index in [1.54, 1.807) is 24.3 Å². The van der Waals surface area contributed by atoms with Crippen LogP contribution < -0.4 is 5.32 Å². The number of rotatable bonds is 16. The first-order valence-electron chi connectivity index (χ1n) is 18.2. The van der Waals surface area contributed by atoms with Gasteiger partial charge in [-0.1, -0.05) is 126 Å². The first-order chi connectivity index (χ1) is 23.4. The number of aliphatic hydroxyl groups is 1. The fourth-order valence-electron chi connectivity index (χ4n) is 7.20. The van der Waals surface area contributed by atoms with Crippen molar-refractivity contribution in [2.45, 2.75) is 134 Å². The second-order valence-electron chi connectivity index (χ2n) is 13.6. The fourth-order valence-corrected chi connectivity index (χ4v) is 7.20. The molecule has 3 fully saturated rings. The van der Waals surface area contributed by atoms with E-state index in [9.17, 15) is 14.7 Å². The monoisotopic (exact) mass is 665 g/mol. The van der Waals surface area contributed by atoms with Crippen LogP contribution in [-0.2, 0) is 28.5 Å². The predicted molar refractivity (Wildman–Crippen MR) is 182 cm³/mol. The molecule has 10 atom stereocenters. The summed E-state index contributed by atoms with van der Waals surface area (Å²) in [6, 6.07) is 18.0. The molecule has 0 aliphatic carbocycles. The molecule has 5 unspecified atom stereocenters. The Morgan fingerprint density at radius 1 is 0.854 bits per heavy atom. The average Bonchev–Trinajstić information content (AvgIpc) is 3.11. The molecule has 0 aromatic heterocycles. The summed E-state index contributed by atoms with van der Waals surface area (Å²) in [5.41, 5.74) is 1.27. The summed E-state index contributed by atoms with van der Waals surface area (Å²) in [5.74, 6) is -1.49. The molecule has 9 nitrogen and oxygen atoms in total.